The van der Waals surface area contributed by atoms with E-state index in [1.807, 2.05) is 0 Å². The maximum atomic E-state index is 13.0. The third-order valence-corrected chi connectivity index (χ3v) is 4.19. The third-order valence-electron chi connectivity index (χ3n) is 3.45. The number of halogens is 2. The van der Waals surface area contributed by atoms with Crippen molar-refractivity contribution in [3.8, 4) is 0 Å². The SMILES string of the molecule is NC(=NO)C1CCCN(Cc2ccc(F)cc2Br)C1. The van der Waals surface area contributed by atoms with Gasteiger partial charge >= 0.3 is 0 Å². The number of oxime groups is 1. The second-order valence-electron chi connectivity index (χ2n) is 4.83. The van der Waals surface area contributed by atoms with Crippen molar-refractivity contribution in [2.45, 2.75) is 19.4 Å². The first-order chi connectivity index (χ1) is 9.10. The van der Waals surface area contributed by atoms with E-state index in [4.69, 9.17) is 10.9 Å². The van der Waals surface area contributed by atoms with Gasteiger partial charge < -0.3 is 10.9 Å². The summed E-state index contributed by atoms with van der Waals surface area (Å²) in [7, 11) is 0. The van der Waals surface area contributed by atoms with Crippen molar-refractivity contribution in [3.63, 3.8) is 0 Å². The van der Waals surface area contributed by atoms with Crippen LogP contribution in [0.5, 0.6) is 0 Å². The molecule has 1 aliphatic heterocycles. The van der Waals surface area contributed by atoms with Crippen molar-refractivity contribution in [1.29, 1.82) is 0 Å². The van der Waals surface area contributed by atoms with Crippen molar-refractivity contribution in [2.24, 2.45) is 16.8 Å². The Kier molecular flexibility index (Phi) is 4.76. The highest BCUT2D eigenvalue weighted by Crippen LogP contribution is 2.23. The van der Waals surface area contributed by atoms with Gasteiger partial charge in [-0.3, -0.25) is 4.90 Å². The minimum atomic E-state index is -0.246. The van der Waals surface area contributed by atoms with Crippen LogP contribution < -0.4 is 5.73 Å². The molecule has 0 bridgehead atoms. The van der Waals surface area contributed by atoms with Gasteiger partial charge in [0.15, 0.2) is 0 Å². The summed E-state index contributed by atoms with van der Waals surface area (Å²) in [5.41, 5.74) is 6.71. The Bertz CT molecular complexity index is 481. The number of hydrogen-bond donors (Lipinski definition) is 2. The lowest BCUT2D eigenvalue weighted by Gasteiger charge is -2.32. The van der Waals surface area contributed by atoms with Gasteiger partial charge in [0.25, 0.3) is 0 Å². The van der Waals surface area contributed by atoms with Gasteiger partial charge in [-0.25, -0.2) is 4.39 Å². The van der Waals surface area contributed by atoms with Gasteiger partial charge in [-0.1, -0.05) is 27.2 Å². The average molecular weight is 330 g/mol. The lowest BCUT2D eigenvalue weighted by atomic mass is 9.96. The molecule has 1 heterocycles. The fraction of sp³-hybridized carbons (Fsp3) is 0.462. The van der Waals surface area contributed by atoms with Gasteiger partial charge in [-0.15, -0.1) is 0 Å². The maximum Gasteiger partial charge on any atom is 0.143 e. The smallest absolute Gasteiger partial charge is 0.143 e. The molecule has 2 rings (SSSR count). The lowest BCUT2D eigenvalue weighted by Crippen LogP contribution is -2.40. The van der Waals surface area contributed by atoms with Crippen molar-refractivity contribution in [2.75, 3.05) is 13.1 Å². The van der Waals surface area contributed by atoms with Crippen LogP contribution in [0.1, 0.15) is 18.4 Å². The molecule has 1 atom stereocenters. The first-order valence-corrected chi connectivity index (χ1v) is 7.03. The monoisotopic (exact) mass is 329 g/mol. The number of amidine groups is 1. The summed E-state index contributed by atoms with van der Waals surface area (Å²) in [4.78, 5) is 2.24. The molecule has 0 aromatic heterocycles. The predicted molar refractivity (Wildman–Crippen MR) is 75.5 cm³/mol. The van der Waals surface area contributed by atoms with Gasteiger partial charge in [0, 0.05) is 23.5 Å². The van der Waals surface area contributed by atoms with E-state index in [1.54, 1.807) is 6.07 Å². The molecule has 0 aliphatic carbocycles. The fourth-order valence-electron chi connectivity index (χ4n) is 2.41. The van der Waals surface area contributed by atoms with E-state index in [-0.39, 0.29) is 11.7 Å². The molecule has 3 N–H and O–H groups in total. The molecule has 1 unspecified atom stereocenters. The highest BCUT2D eigenvalue weighted by atomic mass is 79.9. The van der Waals surface area contributed by atoms with E-state index >= 15 is 0 Å². The van der Waals surface area contributed by atoms with Crippen LogP contribution in [0.2, 0.25) is 0 Å². The number of nitrogens with zero attached hydrogens (tertiary/aromatic N) is 2. The Balaban J connectivity index is 2.02. The maximum absolute atomic E-state index is 13.0. The van der Waals surface area contributed by atoms with Gasteiger partial charge in [-0.05, 0) is 37.1 Å². The molecule has 1 aliphatic rings. The summed E-state index contributed by atoms with van der Waals surface area (Å²) in [6, 6.07) is 4.72. The average Bonchev–Trinajstić information content (AvgIpc) is 2.41. The van der Waals surface area contributed by atoms with Crippen LogP contribution in [0.3, 0.4) is 0 Å². The summed E-state index contributed by atoms with van der Waals surface area (Å²) in [6.07, 6.45) is 1.96. The summed E-state index contributed by atoms with van der Waals surface area (Å²) in [6.45, 7) is 2.47. The van der Waals surface area contributed by atoms with Crippen LogP contribution in [-0.4, -0.2) is 29.0 Å². The highest BCUT2D eigenvalue weighted by Gasteiger charge is 2.23. The Morgan fingerprint density at radius 3 is 3.05 bits per heavy atom. The van der Waals surface area contributed by atoms with Gasteiger partial charge in [-0.2, -0.15) is 0 Å². The van der Waals surface area contributed by atoms with Gasteiger partial charge in [0.1, 0.15) is 11.7 Å². The fourth-order valence-corrected chi connectivity index (χ4v) is 2.89. The van der Waals surface area contributed by atoms with Crippen molar-refractivity contribution < 1.29 is 9.60 Å². The van der Waals surface area contributed by atoms with Crippen LogP contribution in [-0.2, 0) is 6.54 Å². The largest absolute Gasteiger partial charge is 0.409 e. The summed E-state index contributed by atoms with van der Waals surface area (Å²) >= 11 is 3.38. The Labute approximate surface area is 120 Å². The van der Waals surface area contributed by atoms with Crippen LogP contribution >= 0.6 is 15.9 Å². The van der Waals surface area contributed by atoms with Crippen molar-refractivity contribution in [3.05, 3.63) is 34.1 Å². The molecule has 0 spiro atoms. The Hall–Kier alpha value is -1.14. The lowest BCUT2D eigenvalue weighted by molar-refractivity contribution is 0.192. The molecule has 19 heavy (non-hydrogen) atoms. The highest BCUT2D eigenvalue weighted by molar-refractivity contribution is 9.10. The molecule has 104 valence electrons. The summed E-state index contributed by atoms with van der Waals surface area (Å²) in [5.74, 6) is 0.143. The van der Waals surface area contributed by atoms with Crippen LogP contribution in [0.25, 0.3) is 0 Å². The molecule has 0 amide bonds. The van der Waals surface area contributed by atoms with E-state index in [0.717, 1.165) is 42.5 Å². The number of nitrogens with two attached hydrogens (primary N) is 1. The molecular formula is C13H17BrFN3O. The Morgan fingerprint density at radius 2 is 2.37 bits per heavy atom. The van der Waals surface area contributed by atoms with Gasteiger partial charge in [0.2, 0.25) is 0 Å². The molecule has 1 aromatic rings. The first-order valence-electron chi connectivity index (χ1n) is 6.24. The zero-order valence-corrected chi connectivity index (χ0v) is 12.1. The van der Waals surface area contributed by atoms with Gasteiger partial charge in [0.05, 0.1) is 0 Å². The van der Waals surface area contributed by atoms with Crippen LogP contribution in [0.4, 0.5) is 4.39 Å². The van der Waals surface area contributed by atoms with E-state index in [0.29, 0.717) is 5.84 Å². The first kappa shape index (κ1) is 14.3. The number of benzene rings is 1. The number of rotatable bonds is 3. The predicted octanol–water partition coefficient (Wildman–Crippen LogP) is 2.55. The Morgan fingerprint density at radius 1 is 1.58 bits per heavy atom. The molecule has 1 aromatic carbocycles. The molecule has 1 fully saturated rings. The quantitative estimate of drug-likeness (QED) is 0.387. The third kappa shape index (κ3) is 3.67. The number of hydrogen-bond acceptors (Lipinski definition) is 3. The standard InChI is InChI=1S/C13H17BrFN3O/c14-12-6-11(15)4-3-9(12)7-18-5-1-2-10(8-18)13(16)17-19/h3-4,6,10,19H,1-2,5,7-8H2,(H2,16,17). The second kappa shape index (κ2) is 6.34. The van der Waals surface area contributed by atoms with Crippen molar-refractivity contribution in [1.82, 2.24) is 4.90 Å². The van der Waals surface area contributed by atoms with E-state index in [2.05, 4.69) is 26.0 Å². The second-order valence-corrected chi connectivity index (χ2v) is 5.69. The zero-order chi connectivity index (χ0) is 13.8. The summed E-state index contributed by atoms with van der Waals surface area (Å²) in [5, 5.41) is 11.8. The molecule has 0 saturated carbocycles. The zero-order valence-electron chi connectivity index (χ0n) is 10.5. The van der Waals surface area contributed by atoms with E-state index < -0.39 is 0 Å². The molecule has 4 nitrogen and oxygen atoms in total. The molecule has 1 saturated heterocycles. The summed E-state index contributed by atoms with van der Waals surface area (Å²) < 4.78 is 13.8. The van der Waals surface area contributed by atoms with Crippen LogP contribution in [0, 0.1) is 11.7 Å². The molecular weight excluding hydrogens is 313 g/mol. The minimum absolute atomic E-state index is 0.0953. The number of likely N-dealkylation sites (tertiary alicyclic amines) is 1. The number of piperidine rings is 1. The van der Waals surface area contributed by atoms with Crippen molar-refractivity contribution >= 4 is 21.8 Å². The normalized spacial score (nSPS) is 21.6. The van der Waals surface area contributed by atoms with E-state index in [1.165, 1.54) is 12.1 Å². The topological polar surface area (TPSA) is 61.9 Å². The van der Waals surface area contributed by atoms with E-state index in [9.17, 15) is 4.39 Å². The molecule has 0 radical (unpaired) electrons. The van der Waals surface area contributed by atoms with Crippen LogP contribution in [0.15, 0.2) is 27.8 Å². The minimum Gasteiger partial charge on any atom is -0.409 e. The molecule has 6 heteroatoms.